The zero-order valence-corrected chi connectivity index (χ0v) is 17.7. The average molecular weight is 405 g/mol. The van der Waals surface area contributed by atoms with Gasteiger partial charge in [-0.2, -0.15) is 0 Å². The molecule has 0 unspecified atom stereocenters. The summed E-state index contributed by atoms with van der Waals surface area (Å²) in [7, 11) is 0. The second kappa shape index (κ2) is 10.8. The van der Waals surface area contributed by atoms with Crippen LogP contribution in [0.1, 0.15) is 43.4 Å². The van der Waals surface area contributed by atoms with Gasteiger partial charge in [0.1, 0.15) is 11.6 Å². The lowest BCUT2D eigenvalue weighted by molar-refractivity contribution is -0.123. The van der Waals surface area contributed by atoms with Crippen LogP contribution in [0.2, 0.25) is 0 Å². The van der Waals surface area contributed by atoms with E-state index in [4.69, 9.17) is 4.74 Å². The SMILES string of the molecule is CSc1nnc(CCCNC(=O)COc2cccc(C(C)=O)c2)n1CC(C)C. The van der Waals surface area contributed by atoms with Crippen LogP contribution in [0.25, 0.3) is 0 Å². The molecule has 1 aromatic heterocycles. The van der Waals surface area contributed by atoms with Crippen molar-refractivity contribution in [3.63, 3.8) is 0 Å². The molecular formula is C20H28N4O3S. The first-order valence-corrected chi connectivity index (χ1v) is 10.6. The Balaban J connectivity index is 1.75. The summed E-state index contributed by atoms with van der Waals surface area (Å²) in [5.74, 6) is 1.74. The Hall–Kier alpha value is -2.35. The van der Waals surface area contributed by atoms with Crippen molar-refractivity contribution in [1.29, 1.82) is 0 Å². The molecule has 1 amide bonds. The maximum atomic E-state index is 12.0. The summed E-state index contributed by atoms with van der Waals surface area (Å²) in [6.45, 7) is 7.18. The summed E-state index contributed by atoms with van der Waals surface area (Å²) in [4.78, 5) is 23.4. The quantitative estimate of drug-likeness (QED) is 0.352. The number of rotatable bonds is 11. The first-order chi connectivity index (χ1) is 13.4. The van der Waals surface area contributed by atoms with Crippen molar-refractivity contribution in [2.45, 2.75) is 45.3 Å². The minimum atomic E-state index is -0.193. The molecule has 0 radical (unpaired) electrons. The highest BCUT2D eigenvalue weighted by Crippen LogP contribution is 2.17. The van der Waals surface area contributed by atoms with Crippen LogP contribution < -0.4 is 10.1 Å². The molecule has 0 atom stereocenters. The van der Waals surface area contributed by atoms with Gasteiger partial charge in [0.25, 0.3) is 5.91 Å². The van der Waals surface area contributed by atoms with Crippen molar-refractivity contribution < 1.29 is 14.3 Å². The Morgan fingerprint density at radius 1 is 1.29 bits per heavy atom. The van der Waals surface area contributed by atoms with Gasteiger partial charge in [-0.25, -0.2) is 0 Å². The zero-order valence-electron chi connectivity index (χ0n) is 16.9. The molecule has 1 N–H and O–H groups in total. The molecule has 8 heteroatoms. The summed E-state index contributed by atoms with van der Waals surface area (Å²) in [5, 5.41) is 12.3. The third kappa shape index (κ3) is 6.67. The minimum Gasteiger partial charge on any atom is -0.484 e. The monoisotopic (exact) mass is 404 g/mol. The van der Waals surface area contributed by atoms with E-state index in [9.17, 15) is 9.59 Å². The first-order valence-electron chi connectivity index (χ1n) is 9.37. The van der Waals surface area contributed by atoms with Gasteiger partial charge in [0.2, 0.25) is 0 Å². The van der Waals surface area contributed by atoms with E-state index in [0.29, 0.717) is 23.8 Å². The zero-order chi connectivity index (χ0) is 20.5. The number of ether oxygens (including phenoxy) is 1. The van der Waals surface area contributed by atoms with E-state index in [0.717, 1.165) is 30.4 Å². The Morgan fingerprint density at radius 3 is 2.75 bits per heavy atom. The van der Waals surface area contributed by atoms with Crippen molar-refractivity contribution in [1.82, 2.24) is 20.1 Å². The number of Topliss-reactive ketones (excluding diaryl/α,β-unsaturated/α-hetero) is 1. The number of nitrogens with zero attached hydrogens (tertiary/aromatic N) is 3. The second-order valence-corrected chi connectivity index (χ2v) is 7.71. The van der Waals surface area contributed by atoms with Crippen molar-refractivity contribution in [3.8, 4) is 5.75 Å². The Bertz CT molecular complexity index is 804. The number of carbonyl (C=O) groups excluding carboxylic acids is 2. The van der Waals surface area contributed by atoms with Crippen LogP contribution in [-0.2, 0) is 17.8 Å². The molecule has 0 saturated carbocycles. The summed E-state index contributed by atoms with van der Waals surface area (Å²) in [6.07, 6.45) is 3.52. The number of aromatic nitrogens is 3. The van der Waals surface area contributed by atoms with Crippen molar-refractivity contribution >= 4 is 23.5 Å². The summed E-state index contributed by atoms with van der Waals surface area (Å²) in [6, 6.07) is 6.82. The molecule has 0 saturated heterocycles. The molecule has 0 aliphatic rings. The molecule has 0 aliphatic carbocycles. The molecule has 0 aliphatic heterocycles. The number of ketones is 1. The van der Waals surface area contributed by atoms with E-state index in [2.05, 4.69) is 33.9 Å². The van der Waals surface area contributed by atoms with Gasteiger partial charge in [0.05, 0.1) is 0 Å². The lowest BCUT2D eigenvalue weighted by Gasteiger charge is -2.12. The van der Waals surface area contributed by atoms with Gasteiger partial charge >= 0.3 is 0 Å². The van der Waals surface area contributed by atoms with E-state index >= 15 is 0 Å². The second-order valence-electron chi connectivity index (χ2n) is 6.93. The van der Waals surface area contributed by atoms with Crippen LogP contribution in [-0.4, -0.2) is 45.9 Å². The van der Waals surface area contributed by atoms with E-state index in [1.54, 1.807) is 36.0 Å². The standard InChI is InChI=1S/C20H28N4O3S/c1-14(2)12-24-18(22-23-20(24)28-4)9-6-10-21-19(26)13-27-17-8-5-7-16(11-17)15(3)25/h5,7-8,11,14H,6,9-10,12-13H2,1-4H3,(H,21,26). The van der Waals surface area contributed by atoms with Gasteiger partial charge in [-0.3, -0.25) is 9.59 Å². The van der Waals surface area contributed by atoms with Gasteiger partial charge in [0, 0.05) is 25.1 Å². The van der Waals surface area contributed by atoms with Gasteiger partial charge in [-0.1, -0.05) is 37.7 Å². The van der Waals surface area contributed by atoms with E-state index in [1.165, 1.54) is 6.92 Å². The van der Waals surface area contributed by atoms with Crippen LogP contribution in [0.5, 0.6) is 5.75 Å². The van der Waals surface area contributed by atoms with Gasteiger partial charge in [-0.05, 0) is 37.7 Å². The van der Waals surface area contributed by atoms with Crippen LogP contribution in [0, 0.1) is 5.92 Å². The number of hydrogen-bond acceptors (Lipinski definition) is 6. The van der Waals surface area contributed by atoms with Crippen LogP contribution in [0.15, 0.2) is 29.4 Å². The van der Waals surface area contributed by atoms with Crippen molar-refractivity contribution in [2.24, 2.45) is 5.92 Å². The molecule has 7 nitrogen and oxygen atoms in total. The number of aryl methyl sites for hydroxylation is 1. The number of hydrogen-bond donors (Lipinski definition) is 1. The maximum Gasteiger partial charge on any atom is 0.257 e. The lowest BCUT2D eigenvalue weighted by atomic mass is 10.1. The highest BCUT2D eigenvalue weighted by atomic mass is 32.2. The molecule has 152 valence electrons. The highest BCUT2D eigenvalue weighted by molar-refractivity contribution is 7.98. The number of nitrogens with one attached hydrogen (secondary N) is 1. The van der Waals surface area contributed by atoms with Crippen LogP contribution in [0.4, 0.5) is 0 Å². The molecule has 1 heterocycles. The molecule has 2 rings (SSSR count). The fraction of sp³-hybridized carbons (Fsp3) is 0.500. The lowest BCUT2D eigenvalue weighted by Crippen LogP contribution is -2.30. The Labute approximate surface area is 170 Å². The predicted octanol–water partition coefficient (Wildman–Crippen LogP) is 2.99. The Morgan fingerprint density at radius 2 is 2.07 bits per heavy atom. The Kier molecular flexibility index (Phi) is 8.50. The molecule has 0 spiro atoms. The van der Waals surface area contributed by atoms with Crippen molar-refractivity contribution in [3.05, 3.63) is 35.7 Å². The first kappa shape index (κ1) is 21.9. The molecular weight excluding hydrogens is 376 g/mol. The summed E-state index contributed by atoms with van der Waals surface area (Å²) in [5.41, 5.74) is 0.563. The predicted molar refractivity (Wildman–Crippen MR) is 110 cm³/mol. The van der Waals surface area contributed by atoms with Crippen molar-refractivity contribution in [2.75, 3.05) is 19.4 Å². The molecule has 0 fully saturated rings. The molecule has 2 aromatic rings. The molecule has 1 aromatic carbocycles. The van der Waals surface area contributed by atoms with Crippen LogP contribution >= 0.6 is 11.8 Å². The maximum absolute atomic E-state index is 12.0. The normalized spacial score (nSPS) is 10.9. The molecule has 0 bridgehead atoms. The van der Waals surface area contributed by atoms with Crippen LogP contribution in [0.3, 0.4) is 0 Å². The third-order valence-corrected chi connectivity index (χ3v) is 4.70. The molecule has 28 heavy (non-hydrogen) atoms. The van der Waals surface area contributed by atoms with Gasteiger partial charge in [-0.15, -0.1) is 10.2 Å². The minimum absolute atomic E-state index is 0.0372. The fourth-order valence-electron chi connectivity index (χ4n) is 2.68. The smallest absolute Gasteiger partial charge is 0.257 e. The number of carbonyl (C=O) groups is 2. The number of thioether (sulfide) groups is 1. The topological polar surface area (TPSA) is 86.1 Å². The fourth-order valence-corrected chi connectivity index (χ4v) is 3.21. The van der Waals surface area contributed by atoms with E-state index < -0.39 is 0 Å². The largest absolute Gasteiger partial charge is 0.484 e. The summed E-state index contributed by atoms with van der Waals surface area (Å²) < 4.78 is 7.62. The number of amides is 1. The average Bonchev–Trinajstić information content (AvgIpc) is 3.04. The van der Waals surface area contributed by atoms with Gasteiger partial charge < -0.3 is 14.6 Å². The van der Waals surface area contributed by atoms with E-state index in [-0.39, 0.29) is 18.3 Å². The highest BCUT2D eigenvalue weighted by Gasteiger charge is 2.12. The van der Waals surface area contributed by atoms with Gasteiger partial charge in [0.15, 0.2) is 17.5 Å². The number of benzene rings is 1. The van der Waals surface area contributed by atoms with E-state index in [1.807, 2.05) is 6.26 Å². The summed E-state index contributed by atoms with van der Waals surface area (Å²) >= 11 is 1.59. The third-order valence-electron chi connectivity index (χ3n) is 4.03.